The number of hydrogen-bond donors (Lipinski definition) is 1. The number of amides is 1. The second-order valence-electron chi connectivity index (χ2n) is 14.5. The predicted molar refractivity (Wildman–Crippen MR) is 177 cm³/mol. The van der Waals surface area contributed by atoms with Crippen LogP contribution in [0.4, 0.5) is 4.79 Å². The summed E-state index contributed by atoms with van der Waals surface area (Å²) < 4.78 is 41.2. The average Bonchev–Trinajstić information content (AvgIpc) is 3.36. The Hall–Kier alpha value is -2.22. The molecule has 1 N–H and O–H groups in total. The number of sulfonamides is 1. The van der Waals surface area contributed by atoms with E-state index in [1.54, 1.807) is 13.1 Å². The highest BCUT2D eigenvalue weighted by Gasteiger charge is 2.54. The predicted octanol–water partition coefficient (Wildman–Crippen LogP) is 6.04. The van der Waals surface area contributed by atoms with E-state index in [1.165, 1.54) is 0 Å². The Kier molecular flexibility index (Phi) is 9.34. The molecule has 2 aromatic rings. The van der Waals surface area contributed by atoms with Crippen LogP contribution in [0.1, 0.15) is 106 Å². The fourth-order valence-corrected chi connectivity index (χ4v) is 15.9. The molecule has 0 radical (unpaired) electrons. The lowest BCUT2D eigenvalue weighted by atomic mass is 9.69. The highest BCUT2D eigenvalue weighted by Crippen LogP contribution is 2.45. The lowest BCUT2D eigenvalue weighted by molar-refractivity contribution is 0.00578. The number of Topliss-reactive ketones (excluding diaryl/α,β-unsaturated/α-hetero) is 1. The fraction of sp³-hybridized carbons (Fsp3) is 0.710. The Bertz CT molecular complexity index is 1490. The van der Waals surface area contributed by atoms with Crippen LogP contribution in [0, 0.1) is 5.92 Å². The van der Waals surface area contributed by atoms with Crippen molar-refractivity contribution in [2.75, 3.05) is 5.75 Å². The summed E-state index contributed by atoms with van der Waals surface area (Å²) in [5, 5.41) is 10.5. The summed E-state index contributed by atoms with van der Waals surface area (Å²) in [5.74, 6) is -0.969. The van der Waals surface area contributed by atoms with Crippen LogP contribution < -0.4 is 5.46 Å². The van der Waals surface area contributed by atoms with Crippen molar-refractivity contribution < 1.29 is 32.4 Å². The van der Waals surface area contributed by atoms with E-state index in [2.05, 4.69) is 52.0 Å². The van der Waals surface area contributed by atoms with Crippen molar-refractivity contribution in [2.45, 2.75) is 129 Å². The van der Waals surface area contributed by atoms with Gasteiger partial charge in [-0.25, -0.2) is 22.5 Å². The molecule has 0 spiro atoms. The summed E-state index contributed by atoms with van der Waals surface area (Å²) >= 11 is 0. The number of aromatic nitrogens is 2. The number of carbonyl (C=O) groups is 2. The molecular formula is C31H50BN3O7SSi. The first kappa shape index (κ1) is 34.7. The molecule has 244 valence electrons. The Balaban J connectivity index is 1.84. The summed E-state index contributed by atoms with van der Waals surface area (Å²) in [4.78, 5) is 31.5. The largest absolute Gasteiger partial charge is 0.497 e. The molecule has 1 aliphatic heterocycles. The monoisotopic (exact) mass is 647 g/mol. The number of nitrogens with zero attached hydrogens (tertiary/aromatic N) is 3. The molecule has 0 atom stereocenters. The minimum atomic E-state index is -3.99. The summed E-state index contributed by atoms with van der Waals surface area (Å²) in [6.07, 6.45) is 2.85. The zero-order chi connectivity index (χ0) is 33.2. The van der Waals surface area contributed by atoms with Crippen LogP contribution >= 0.6 is 0 Å². The normalized spacial score (nSPS) is 21.8. The Morgan fingerprint density at radius 1 is 1.07 bits per heavy atom. The van der Waals surface area contributed by atoms with Crippen LogP contribution in [-0.2, 0) is 19.3 Å². The standard InChI is InChI=1S/C31H50BN3O7SSi/c1-12-15-43(39,40)35(29(37)38)23-16-22(17-23)27(36)26-24-13-14-34(44(19(2)3,20(4)5)21(6)7)28(24)33-18-25(26)32-41-30(8,9)31(10,11)42-32/h13-14,18-23H,12,15-17H2,1-11H3,(H,37,38). The van der Waals surface area contributed by atoms with Crippen molar-refractivity contribution in [3.63, 3.8) is 0 Å². The first-order chi connectivity index (χ1) is 20.2. The summed E-state index contributed by atoms with van der Waals surface area (Å²) in [6.45, 7) is 23.2. The molecule has 2 aromatic heterocycles. The summed E-state index contributed by atoms with van der Waals surface area (Å²) in [5.41, 5.74) is 1.71. The molecule has 0 bridgehead atoms. The molecule has 13 heteroatoms. The van der Waals surface area contributed by atoms with E-state index in [9.17, 15) is 23.1 Å². The highest BCUT2D eigenvalue weighted by molar-refractivity contribution is 7.89. The van der Waals surface area contributed by atoms with Gasteiger partial charge in [0.25, 0.3) is 0 Å². The molecule has 4 rings (SSSR count). The number of rotatable bonds is 11. The highest BCUT2D eigenvalue weighted by atomic mass is 32.2. The third-order valence-corrected chi connectivity index (χ3v) is 19.2. The van der Waals surface area contributed by atoms with Crippen molar-refractivity contribution >= 4 is 53.7 Å². The van der Waals surface area contributed by atoms with Gasteiger partial charge < -0.3 is 18.6 Å². The molecular weight excluding hydrogens is 597 g/mol. The van der Waals surface area contributed by atoms with Crippen molar-refractivity contribution in [2.24, 2.45) is 5.92 Å². The SMILES string of the molecule is CCCS(=O)(=O)N(C(=O)O)C1CC(C(=O)c2c(B3OC(C)(C)C(C)(C)O3)cnc3c2ccn3[Si](C(C)C)(C(C)C)C(C)C)C1. The van der Waals surface area contributed by atoms with Gasteiger partial charge in [-0.3, -0.25) is 4.79 Å². The third kappa shape index (κ3) is 5.45. The lowest BCUT2D eigenvalue weighted by Crippen LogP contribution is -2.53. The van der Waals surface area contributed by atoms with Gasteiger partial charge in [-0.05, 0) is 75.8 Å². The molecule has 2 fully saturated rings. The van der Waals surface area contributed by atoms with Gasteiger partial charge in [0, 0.05) is 28.5 Å². The Morgan fingerprint density at radius 2 is 1.59 bits per heavy atom. The zero-order valence-corrected chi connectivity index (χ0v) is 30.0. The Labute approximate surface area is 264 Å². The quantitative estimate of drug-likeness (QED) is 0.231. The maximum atomic E-state index is 14.5. The van der Waals surface area contributed by atoms with Crippen LogP contribution in [0.2, 0.25) is 16.6 Å². The number of fused-ring (bicyclic) bond motifs is 1. The van der Waals surface area contributed by atoms with E-state index in [1.807, 2.05) is 33.8 Å². The third-order valence-electron chi connectivity index (χ3n) is 10.5. The second-order valence-corrected chi connectivity index (χ2v) is 22.2. The summed E-state index contributed by atoms with van der Waals surface area (Å²) in [7, 11) is -7.03. The van der Waals surface area contributed by atoms with E-state index in [0.29, 0.717) is 38.4 Å². The molecule has 0 unspecified atom stereocenters. The van der Waals surface area contributed by atoms with Crippen LogP contribution in [0.25, 0.3) is 11.0 Å². The van der Waals surface area contributed by atoms with Gasteiger partial charge in [-0.1, -0.05) is 48.5 Å². The fourth-order valence-electron chi connectivity index (χ4n) is 7.73. The molecule has 2 aliphatic rings. The number of hydrogen-bond acceptors (Lipinski definition) is 7. The van der Waals surface area contributed by atoms with Crippen LogP contribution in [0.3, 0.4) is 0 Å². The van der Waals surface area contributed by atoms with E-state index in [-0.39, 0.29) is 24.4 Å². The van der Waals surface area contributed by atoms with Gasteiger partial charge in [0.2, 0.25) is 10.0 Å². The number of carbonyl (C=O) groups excluding carboxylic acids is 1. The van der Waals surface area contributed by atoms with Gasteiger partial charge >= 0.3 is 13.2 Å². The molecule has 0 aromatic carbocycles. The van der Waals surface area contributed by atoms with Crippen molar-refractivity contribution in [3.8, 4) is 0 Å². The van der Waals surface area contributed by atoms with Gasteiger partial charge in [0.1, 0.15) is 5.65 Å². The summed E-state index contributed by atoms with van der Waals surface area (Å²) in [6, 6.07) is 1.20. The zero-order valence-electron chi connectivity index (χ0n) is 28.2. The lowest BCUT2D eigenvalue weighted by Gasteiger charge is -2.44. The number of pyridine rings is 1. The van der Waals surface area contributed by atoms with Crippen molar-refractivity contribution in [3.05, 3.63) is 24.0 Å². The molecule has 44 heavy (non-hydrogen) atoms. The van der Waals surface area contributed by atoms with E-state index in [0.717, 1.165) is 11.0 Å². The minimum absolute atomic E-state index is 0.129. The number of carboxylic acid groups (broad SMARTS) is 1. The Morgan fingerprint density at radius 3 is 2.05 bits per heavy atom. The number of ketones is 1. The molecule has 1 saturated heterocycles. The van der Waals surface area contributed by atoms with E-state index in [4.69, 9.17) is 14.3 Å². The average molecular weight is 648 g/mol. The van der Waals surface area contributed by atoms with E-state index >= 15 is 0 Å². The van der Waals surface area contributed by atoms with Gasteiger partial charge in [-0.15, -0.1) is 0 Å². The van der Waals surface area contributed by atoms with Crippen molar-refractivity contribution in [1.82, 2.24) is 13.5 Å². The van der Waals surface area contributed by atoms with Crippen LogP contribution in [0.5, 0.6) is 0 Å². The second kappa shape index (κ2) is 11.9. The van der Waals surface area contributed by atoms with Gasteiger partial charge in [0.15, 0.2) is 14.0 Å². The van der Waals surface area contributed by atoms with Crippen molar-refractivity contribution in [1.29, 1.82) is 0 Å². The molecule has 10 nitrogen and oxygen atoms in total. The smallest absolute Gasteiger partial charge is 0.464 e. The minimum Gasteiger partial charge on any atom is -0.464 e. The maximum absolute atomic E-state index is 14.5. The van der Waals surface area contributed by atoms with Gasteiger partial charge in [0.05, 0.1) is 23.0 Å². The maximum Gasteiger partial charge on any atom is 0.497 e. The van der Waals surface area contributed by atoms with E-state index < -0.39 is 54.6 Å². The first-order valence-corrected chi connectivity index (χ1v) is 19.7. The first-order valence-electron chi connectivity index (χ1n) is 15.9. The molecule has 1 amide bonds. The van der Waals surface area contributed by atoms with Crippen LogP contribution in [0.15, 0.2) is 18.5 Å². The van der Waals surface area contributed by atoms with Crippen LogP contribution in [-0.4, -0.2) is 77.3 Å². The molecule has 3 heterocycles. The molecule has 1 aliphatic carbocycles. The van der Waals surface area contributed by atoms with Gasteiger partial charge in [-0.2, -0.15) is 0 Å². The molecule has 1 saturated carbocycles. The topological polar surface area (TPSA) is 128 Å².